The number of esters is 2. The highest BCUT2D eigenvalue weighted by Crippen LogP contribution is 2.35. The normalized spacial score (nSPS) is 22.4. The Morgan fingerprint density at radius 1 is 0.784 bits per heavy atom. The van der Waals surface area contributed by atoms with Crippen LogP contribution in [0.3, 0.4) is 0 Å². The Morgan fingerprint density at radius 3 is 1.84 bits per heavy atom. The molecule has 0 heterocycles. The third-order valence-corrected chi connectivity index (χ3v) is 11.1. The number of unbranched alkanes of at least 4 members (excludes halogenated alkanes) is 1. The standard InChI is InChI=1S/C27H50O8P2/c1-5-25(32-22(4)27(29)34-24-16-10-7-11-17-24)36(30)18-12-13-19-37(31)35-21(3)20(2)26(28)33-23-14-8-6-9-15-23/h20-25,36-37H,5-19H2,1-4H3. The fraction of sp³-hybridized carbons (Fsp3) is 0.926. The number of carbonyl (C=O) groups excluding carboxylic acids is 2. The van der Waals surface area contributed by atoms with E-state index in [1.165, 1.54) is 12.8 Å². The van der Waals surface area contributed by atoms with Crippen LogP contribution in [0.5, 0.6) is 0 Å². The van der Waals surface area contributed by atoms with Crippen molar-refractivity contribution in [3.05, 3.63) is 0 Å². The maximum atomic E-state index is 12.8. The van der Waals surface area contributed by atoms with E-state index in [9.17, 15) is 18.7 Å². The van der Waals surface area contributed by atoms with Crippen LogP contribution in [-0.2, 0) is 37.5 Å². The fourth-order valence-electron chi connectivity index (χ4n) is 4.89. The molecule has 0 spiro atoms. The second kappa shape index (κ2) is 17.8. The molecular formula is C27H50O8P2. The van der Waals surface area contributed by atoms with E-state index in [4.69, 9.17) is 18.7 Å². The van der Waals surface area contributed by atoms with Gasteiger partial charge < -0.3 is 23.3 Å². The monoisotopic (exact) mass is 564 g/mol. The van der Waals surface area contributed by atoms with Gasteiger partial charge in [-0.3, -0.25) is 9.36 Å². The predicted molar refractivity (Wildman–Crippen MR) is 147 cm³/mol. The number of carbonyl (C=O) groups is 2. The molecule has 0 aromatic rings. The lowest BCUT2D eigenvalue weighted by molar-refractivity contribution is -0.164. The first-order valence-electron chi connectivity index (χ1n) is 14.5. The first-order valence-corrected chi connectivity index (χ1v) is 17.7. The number of rotatable bonds is 16. The van der Waals surface area contributed by atoms with Gasteiger partial charge in [0, 0.05) is 12.3 Å². The summed E-state index contributed by atoms with van der Waals surface area (Å²) in [7, 11) is -4.38. The van der Waals surface area contributed by atoms with E-state index >= 15 is 0 Å². The summed E-state index contributed by atoms with van der Waals surface area (Å²) in [6.07, 6.45) is 11.8. The largest absolute Gasteiger partial charge is 0.462 e. The Labute approximate surface area is 224 Å². The van der Waals surface area contributed by atoms with E-state index in [1.807, 2.05) is 6.92 Å². The van der Waals surface area contributed by atoms with Gasteiger partial charge in [0.1, 0.15) is 25.9 Å². The molecule has 8 nitrogen and oxygen atoms in total. The van der Waals surface area contributed by atoms with Gasteiger partial charge in [-0.05, 0) is 91.4 Å². The molecular weight excluding hydrogens is 514 g/mol. The summed E-state index contributed by atoms with van der Waals surface area (Å²) in [4.78, 5) is 24.8. The van der Waals surface area contributed by atoms with Crippen LogP contribution in [0.1, 0.15) is 111 Å². The molecule has 0 aliphatic heterocycles. The van der Waals surface area contributed by atoms with Crippen molar-refractivity contribution in [1.29, 1.82) is 0 Å². The lowest BCUT2D eigenvalue weighted by Crippen LogP contribution is -2.31. The maximum absolute atomic E-state index is 12.8. The van der Waals surface area contributed by atoms with Crippen LogP contribution in [0.4, 0.5) is 0 Å². The molecule has 10 heteroatoms. The second-order valence-corrected chi connectivity index (χ2v) is 14.3. The van der Waals surface area contributed by atoms with Crippen molar-refractivity contribution in [3.8, 4) is 0 Å². The van der Waals surface area contributed by atoms with Gasteiger partial charge in [0.15, 0.2) is 14.1 Å². The summed E-state index contributed by atoms with van der Waals surface area (Å²) < 4.78 is 47.9. The third-order valence-electron chi connectivity index (χ3n) is 7.55. The minimum atomic E-state index is -2.31. The van der Waals surface area contributed by atoms with E-state index in [0.717, 1.165) is 51.4 Å². The van der Waals surface area contributed by atoms with E-state index < -0.39 is 39.8 Å². The Hall–Kier alpha value is -0.680. The van der Waals surface area contributed by atoms with Crippen molar-refractivity contribution >= 4 is 27.8 Å². The SMILES string of the molecule is CCC(OC(C)C(=O)OC1CCCCC1)[PH](=O)CCCC[PH](=O)OC(C)C(C)C(=O)OC1CCCCC1. The first kappa shape index (κ1) is 32.5. The summed E-state index contributed by atoms with van der Waals surface area (Å²) in [5.74, 6) is -1.60. The average Bonchev–Trinajstić information content (AvgIpc) is 2.90. The van der Waals surface area contributed by atoms with Gasteiger partial charge in [-0.15, -0.1) is 0 Å². The van der Waals surface area contributed by atoms with Crippen molar-refractivity contribution < 1.29 is 37.5 Å². The van der Waals surface area contributed by atoms with E-state index in [-0.39, 0.29) is 24.1 Å². The van der Waals surface area contributed by atoms with Gasteiger partial charge in [0.25, 0.3) is 0 Å². The number of hydrogen-bond acceptors (Lipinski definition) is 8. The Balaban J connectivity index is 1.63. The van der Waals surface area contributed by atoms with Gasteiger partial charge in [0.2, 0.25) is 0 Å². The van der Waals surface area contributed by atoms with Crippen LogP contribution in [0.25, 0.3) is 0 Å². The van der Waals surface area contributed by atoms with Gasteiger partial charge >= 0.3 is 11.9 Å². The summed E-state index contributed by atoms with van der Waals surface area (Å²) >= 11 is 0. The van der Waals surface area contributed by atoms with E-state index in [1.54, 1.807) is 20.8 Å². The molecule has 0 amide bonds. The highest BCUT2D eigenvalue weighted by atomic mass is 31.1. The summed E-state index contributed by atoms with van der Waals surface area (Å²) in [5, 5.41) is 0. The van der Waals surface area contributed by atoms with E-state index in [2.05, 4.69) is 0 Å². The Kier molecular flexibility index (Phi) is 15.7. The Morgan fingerprint density at radius 2 is 1.30 bits per heavy atom. The van der Waals surface area contributed by atoms with Crippen LogP contribution < -0.4 is 0 Å². The molecule has 6 unspecified atom stereocenters. The van der Waals surface area contributed by atoms with Crippen LogP contribution >= 0.6 is 15.8 Å². The molecule has 0 bridgehead atoms. The van der Waals surface area contributed by atoms with E-state index in [0.29, 0.717) is 31.6 Å². The van der Waals surface area contributed by atoms with Crippen molar-refractivity contribution in [2.75, 3.05) is 12.3 Å². The van der Waals surface area contributed by atoms with Crippen LogP contribution in [0, 0.1) is 5.92 Å². The molecule has 2 aliphatic rings. The molecule has 0 radical (unpaired) electrons. The molecule has 0 saturated heterocycles. The average molecular weight is 565 g/mol. The minimum absolute atomic E-state index is 0.00234. The molecule has 2 rings (SSSR count). The van der Waals surface area contributed by atoms with Crippen molar-refractivity contribution in [1.82, 2.24) is 0 Å². The lowest BCUT2D eigenvalue weighted by atomic mass is 9.97. The Bertz CT molecular complexity index is 734. The highest BCUT2D eigenvalue weighted by molar-refractivity contribution is 7.45. The number of ether oxygens (including phenoxy) is 3. The van der Waals surface area contributed by atoms with Crippen LogP contribution in [-0.4, -0.2) is 54.5 Å². The molecule has 2 aliphatic carbocycles. The molecule has 6 atom stereocenters. The summed E-state index contributed by atoms with van der Waals surface area (Å²) in [6, 6.07) is 0. The smallest absolute Gasteiger partial charge is 0.335 e. The lowest BCUT2D eigenvalue weighted by Gasteiger charge is -2.25. The molecule has 0 N–H and O–H groups in total. The van der Waals surface area contributed by atoms with Crippen LogP contribution in [0.2, 0.25) is 0 Å². The van der Waals surface area contributed by atoms with Crippen molar-refractivity contribution in [3.63, 3.8) is 0 Å². The molecule has 2 fully saturated rings. The fourth-order valence-corrected chi connectivity index (χ4v) is 7.90. The molecule has 0 aromatic carbocycles. The zero-order chi connectivity index (χ0) is 27.2. The topological polar surface area (TPSA) is 105 Å². The van der Waals surface area contributed by atoms with Crippen LogP contribution in [0.15, 0.2) is 0 Å². The zero-order valence-electron chi connectivity index (χ0n) is 23.3. The molecule has 216 valence electrons. The van der Waals surface area contributed by atoms with Crippen molar-refractivity contribution in [2.45, 2.75) is 141 Å². The quantitative estimate of drug-likeness (QED) is 0.115. The predicted octanol–water partition coefficient (Wildman–Crippen LogP) is 6.74. The van der Waals surface area contributed by atoms with Gasteiger partial charge in [0.05, 0.1) is 12.0 Å². The second-order valence-electron chi connectivity index (χ2n) is 10.7. The van der Waals surface area contributed by atoms with Crippen molar-refractivity contribution in [2.24, 2.45) is 5.92 Å². The molecule has 0 aromatic heterocycles. The van der Waals surface area contributed by atoms with Gasteiger partial charge in [-0.1, -0.05) is 19.8 Å². The zero-order valence-corrected chi connectivity index (χ0v) is 25.3. The number of hydrogen-bond donors (Lipinski definition) is 0. The molecule has 37 heavy (non-hydrogen) atoms. The summed E-state index contributed by atoms with van der Waals surface area (Å²) in [5.41, 5.74) is 0. The van der Waals surface area contributed by atoms with Gasteiger partial charge in [-0.25, -0.2) is 4.79 Å². The first-order chi connectivity index (χ1) is 17.7. The summed E-state index contributed by atoms with van der Waals surface area (Å²) in [6.45, 7) is 7.09. The third kappa shape index (κ3) is 12.4. The van der Waals surface area contributed by atoms with Gasteiger partial charge in [-0.2, -0.15) is 0 Å². The highest BCUT2D eigenvalue weighted by Gasteiger charge is 2.28. The maximum Gasteiger partial charge on any atom is 0.335 e. The molecule has 2 saturated carbocycles. The minimum Gasteiger partial charge on any atom is -0.462 e.